The van der Waals surface area contributed by atoms with Crippen LogP contribution in [-0.2, 0) is 107 Å². The van der Waals surface area contributed by atoms with Crippen LogP contribution in [0, 0.1) is 11.3 Å². The molecular weight excluding hydrogens is 1790 g/mol. The Balaban J connectivity index is 1.09. The SMILES string of the molecule is CCCC[C@H]1C(=O)N(C)[C@@H](CCCC)C(=O)N[C@@H](CCCNC(=N)N)C(=O)N[C@H](C(=O)NCC(N)=O)CSCC(=O)N[C@@H](Cc2ccc(O)cc2)C(=O)N(C)[C@@H](C)C(=O)N[C@@H](CC(N)=O)C(=O)N2CCC[C@H]2C(=O)N[C@@H](Cc2cnc[nH]2)C(=O)N[C@@H](CC(C)C)C(=O)N2CCC[C@H]2C(=O)N[C@@H](Cc2c[nH]c3ccccc23)C(=O)N[C@@H](CO)C(=O)N[C@@H](Cc2nc3ccccc3s2)C(=O)N1C. The molecule has 0 aliphatic carbocycles. The number of aliphatic hydroxyl groups is 1. The maximum atomic E-state index is 15.7. The van der Waals surface area contributed by atoms with Crippen molar-refractivity contribution < 1.29 is 91.7 Å². The number of carbonyl (C=O) groups is 17. The van der Waals surface area contributed by atoms with Crippen molar-refractivity contribution in [1.82, 2.24) is 103 Å². The van der Waals surface area contributed by atoms with Gasteiger partial charge in [0.2, 0.25) is 100 Å². The number of unbranched alkanes of at least 4 members (excludes halogenated alkanes) is 2. The summed E-state index contributed by atoms with van der Waals surface area (Å²) in [5, 5.41) is 59.6. The lowest BCUT2D eigenvalue weighted by atomic mass is 10.0. The number of carbonyl (C=O) groups excluding carboxylic acids is 17. The maximum absolute atomic E-state index is 15.7. The summed E-state index contributed by atoms with van der Waals surface area (Å²) in [7, 11) is 3.92. The smallest absolute Gasteiger partial charge is 0.246 e. The molecule has 0 spiro atoms. The van der Waals surface area contributed by atoms with Gasteiger partial charge in [0.1, 0.15) is 90.3 Å². The van der Waals surface area contributed by atoms with Crippen LogP contribution < -0.4 is 75.7 Å². The number of rotatable bonds is 26. The van der Waals surface area contributed by atoms with Gasteiger partial charge in [-0.15, -0.1) is 23.1 Å². The molecule has 45 heteroatoms. The van der Waals surface area contributed by atoms with E-state index in [-0.39, 0.29) is 115 Å². The van der Waals surface area contributed by atoms with Gasteiger partial charge in [-0.1, -0.05) is 95.8 Å². The van der Waals surface area contributed by atoms with E-state index in [9.17, 15) is 53.4 Å². The number of para-hydroxylation sites is 2. The van der Waals surface area contributed by atoms with Crippen LogP contribution in [-0.4, -0.2) is 311 Å². The summed E-state index contributed by atoms with van der Waals surface area (Å²) in [4.78, 5) is 271. The molecule has 22 N–H and O–H groups in total. The second kappa shape index (κ2) is 50.7. The number of hydrogen-bond acceptors (Lipinski definition) is 24. The number of aromatic nitrogens is 4. The van der Waals surface area contributed by atoms with E-state index in [0.29, 0.717) is 68.6 Å². The fourth-order valence-electron chi connectivity index (χ4n) is 16.4. The number of amides is 17. The van der Waals surface area contributed by atoms with Crippen LogP contribution in [0.3, 0.4) is 0 Å². The van der Waals surface area contributed by atoms with E-state index in [1.54, 1.807) is 68.6 Å². The van der Waals surface area contributed by atoms with Crippen LogP contribution in [0.15, 0.2) is 91.5 Å². The third-order valence-corrected chi connectivity index (χ3v) is 26.0. The normalized spacial score (nSPS) is 24.2. The predicted molar refractivity (Wildman–Crippen MR) is 500 cm³/mol. The van der Waals surface area contributed by atoms with Crippen molar-refractivity contribution in [2.45, 2.75) is 235 Å². The zero-order valence-electron chi connectivity index (χ0n) is 77.0. The number of phenols is 1. The summed E-state index contributed by atoms with van der Waals surface area (Å²) in [6, 6.07) is -1.47. The van der Waals surface area contributed by atoms with Crippen LogP contribution in [0.2, 0.25) is 0 Å². The molecule has 6 aromatic rings. The number of thiazole rings is 1. The molecule has 0 saturated carbocycles. The molecule has 3 aromatic heterocycles. The first-order valence-corrected chi connectivity index (χ1v) is 47.2. The van der Waals surface area contributed by atoms with Crippen LogP contribution >= 0.6 is 23.1 Å². The maximum Gasteiger partial charge on any atom is 0.246 e. The fraction of sp³-hybridized carbons (Fsp3) is 0.533. The molecule has 43 nitrogen and oxygen atoms in total. The molecule has 732 valence electrons. The number of nitrogens with two attached hydrogens (primary N) is 3. The summed E-state index contributed by atoms with van der Waals surface area (Å²) in [6.45, 7) is 6.63. The zero-order valence-corrected chi connectivity index (χ0v) is 78.6. The van der Waals surface area contributed by atoms with Gasteiger partial charge in [0.05, 0.1) is 46.9 Å². The molecule has 135 heavy (non-hydrogen) atoms. The van der Waals surface area contributed by atoms with Crippen molar-refractivity contribution in [3.8, 4) is 5.75 Å². The Hall–Kier alpha value is -13.3. The summed E-state index contributed by atoms with van der Waals surface area (Å²) < 4.78 is 0.714. The fourth-order valence-corrected chi connectivity index (χ4v) is 18.3. The quantitative estimate of drug-likeness (QED) is 0.0162. The summed E-state index contributed by atoms with van der Waals surface area (Å²) in [5.41, 5.74) is 19.3. The number of nitrogens with one attached hydrogen (secondary N) is 14. The van der Waals surface area contributed by atoms with E-state index in [1.165, 1.54) is 81.1 Å². The number of aromatic hydroxyl groups is 1. The van der Waals surface area contributed by atoms with Crippen LogP contribution in [0.1, 0.15) is 146 Å². The number of likely N-dealkylation sites (N-methyl/N-ethyl adjacent to an activating group) is 3. The highest BCUT2D eigenvalue weighted by Gasteiger charge is 2.46. The van der Waals surface area contributed by atoms with Crippen molar-refractivity contribution in [2.24, 2.45) is 23.1 Å². The first-order chi connectivity index (χ1) is 64.4. The average Bonchev–Trinajstić information content (AvgIpc) is 1.71. The van der Waals surface area contributed by atoms with Gasteiger partial charge in [-0.05, 0) is 112 Å². The number of thioether (sulfide) groups is 1. The van der Waals surface area contributed by atoms with Gasteiger partial charge >= 0.3 is 0 Å². The number of benzene rings is 3. The highest BCUT2D eigenvalue weighted by molar-refractivity contribution is 8.00. The Morgan fingerprint density at radius 1 is 0.563 bits per heavy atom. The van der Waals surface area contributed by atoms with Crippen LogP contribution in [0.25, 0.3) is 21.1 Å². The van der Waals surface area contributed by atoms with E-state index < -0.39 is 222 Å². The van der Waals surface area contributed by atoms with E-state index in [2.05, 4.69) is 73.4 Å². The van der Waals surface area contributed by atoms with Crippen molar-refractivity contribution in [3.63, 3.8) is 0 Å². The van der Waals surface area contributed by atoms with Gasteiger partial charge in [0, 0.05) is 101 Å². The molecule has 3 fully saturated rings. The monoisotopic (exact) mass is 1910 g/mol. The molecule has 3 aromatic carbocycles. The zero-order chi connectivity index (χ0) is 98.4. The number of imidazole rings is 1. The first-order valence-electron chi connectivity index (χ1n) is 45.3. The molecule has 3 aliphatic rings. The molecule has 3 saturated heterocycles. The largest absolute Gasteiger partial charge is 0.508 e. The molecule has 0 bridgehead atoms. The Morgan fingerprint density at radius 2 is 1.13 bits per heavy atom. The minimum Gasteiger partial charge on any atom is -0.508 e. The second-order valence-electron chi connectivity index (χ2n) is 34.5. The van der Waals surface area contributed by atoms with Crippen molar-refractivity contribution in [2.75, 3.05) is 65.4 Å². The molecule has 9 rings (SSSR count). The standard InChI is InChI=1S/C90H126N24O19S2/c1-9-11-24-67-82(126)102-58(23-17-33-96-90(93)94)78(122)109-66(77(121)98-44-73(92)118)46-134-47-74(119)100-62(37-51-29-31-54(116)32-30-51)85(129)110(6)50(5)76(120)105-63(40-72(91)117)88(132)114-35-19-27-69(114)84(128)104-60(39-53-43-95-48-99-53)80(124)106-61(36-49(3)4)87(131)113-34-18-26-68(113)83(127)103-59(38-52-42-97-56-21-14-13-20-55(52)56)79(123)108-65(45-115)81(125)107-64(41-75-101-57-22-15-16-28-71(57)135-75)86(130)112(8)70(25-12-10-2)89(133)111(67)7/h13-16,20-22,28-32,42-43,48-50,58-70,97,115-116H,9-12,17-19,23-27,33-41,44-47H2,1-8H3,(H2,91,117)(H2,92,118)(H,95,99)(H,98,121)(H,100,119)(H,102,126)(H,103,127)(H,104,128)(H,105,120)(H,106,124)(H,107,125)(H,108,123)(H,109,122)(H4,93,94,96)/t50-,58-,59-,60-,61-,62-,63-,64-,65-,66-,67-,68-,69-,70-/m0/s1. The number of guanidine groups is 1. The minimum absolute atomic E-state index is 0.00413. The Kier molecular flexibility index (Phi) is 39.6. The van der Waals surface area contributed by atoms with Gasteiger partial charge in [-0.25, -0.2) is 9.97 Å². The van der Waals surface area contributed by atoms with E-state index in [1.807, 2.05) is 13.8 Å². The molecule has 6 heterocycles. The Labute approximate surface area is 789 Å². The van der Waals surface area contributed by atoms with Crippen LogP contribution in [0.5, 0.6) is 5.75 Å². The molecule has 0 unspecified atom stereocenters. The lowest BCUT2D eigenvalue weighted by Gasteiger charge is -2.36. The highest BCUT2D eigenvalue weighted by Crippen LogP contribution is 2.29. The average molecular weight is 1910 g/mol. The number of aliphatic hydroxyl groups excluding tert-OH is 1. The third-order valence-electron chi connectivity index (χ3n) is 23.9. The minimum atomic E-state index is -1.86. The molecule has 3 aliphatic heterocycles. The van der Waals surface area contributed by atoms with E-state index in [4.69, 9.17) is 27.6 Å². The van der Waals surface area contributed by atoms with E-state index in [0.717, 1.165) is 31.4 Å². The second-order valence-corrected chi connectivity index (χ2v) is 36.6. The molecule has 0 radical (unpaired) electrons. The summed E-state index contributed by atoms with van der Waals surface area (Å²) in [6.07, 6.45) is 4.46. The number of fused-ring (bicyclic) bond motifs is 4. The van der Waals surface area contributed by atoms with Crippen molar-refractivity contribution in [3.05, 3.63) is 113 Å². The van der Waals surface area contributed by atoms with Gasteiger partial charge < -0.3 is 120 Å². The number of nitrogens with zero attached hydrogens (tertiary/aromatic N) is 7. The third kappa shape index (κ3) is 29.8. The lowest BCUT2D eigenvalue weighted by molar-refractivity contribution is -0.149. The highest BCUT2D eigenvalue weighted by atomic mass is 32.2. The number of aromatic amines is 2. The Morgan fingerprint density at radius 3 is 1.74 bits per heavy atom. The van der Waals surface area contributed by atoms with Gasteiger partial charge in [-0.2, -0.15) is 0 Å². The summed E-state index contributed by atoms with van der Waals surface area (Å²) in [5.74, 6) is -17.4. The van der Waals surface area contributed by atoms with Gasteiger partial charge in [0.25, 0.3) is 0 Å². The van der Waals surface area contributed by atoms with Gasteiger partial charge in [-0.3, -0.25) is 86.9 Å². The number of primary amides is 2. The number of hydrogen-bond donors (Lipinski definition) is 19. The number of H-pyrrole nitrogens is 2. The number of phenolic OH excluding ortho intramolecular Hbond substituents is 1. The molecule has 17 amide bonds. The lowest BCUT2D eigenvalue weighted by Crippen LogP contribution is -2.62. The molecular formula is C90H126N24O19S2. The van der Waals surface area contributed by atoms with Crippen LogP contribution in [0.4, 0.5) is 0 Å². The van der Waals surface area contributed by atoms with Crippen molar-refractivity contribution in [1.29, 1.82) is 5.41 Å². The van der Waals surface area contributed by atoms with Gasteiger partial charge in [0.15, 0.2) is 5.96 Å². The first kappa shape index (κ1) is 105. The van der Waals surface area contributed by atoms with Crippen molar-refractivity contribution >= 4 is 151 Å². The molecule has 14 atom stereocenters. The predicted octanol–water partition coefficient (Wildman–Crippen LogP) is -1.77. The van der Waals surface area contributed by atoms with E-state index >= 15 is 38.4 Å². The topological polar surface area (TPSA) is 638 Å². The summed E-state index contributed by atoms with van der Waals surface area (Å²) >= 11 is 1.97. The Bertz CT molecular complexity index is 5180.